The topological polar surface area (TPSA) is 29.5 Å². The second kappa shape index (κ2) is 11.3. The second-order valence-corrected chi connectivity index (χ2v) is 14.2. The van der Waals surface area contributed by atoms with Crippen LogP contribution in [0.5, 0.6) is 0 Å². The Bertz CT molecular complexity index is 2980. The minimum Gasteiger partial charge on any atom is -0.456 e. The summed E-state index contributed by atoms with van der Waals surface area (Å²) in [7, 11) is 0. The smallest absolute Gasteiger partial charge is 0.137 e. The Morgan fingerprint density at radius 1 is 0.415 bits per heavy atom. The van der Waals surface area contributed by atoms with Crippen molar-refractivity contribution in [3.63, 3.8) is 0 Å². The lowest BCUT2D eigenvalue weighted by molar-refractivity contribution is 0.667. The summed E-state index contributed by atoms with van der Waals surface area (Å²) in [5, 5.41) is 4.38. The summed E-state index contributed by atoms with van der Waals surface area (Å²) in [5.41, 5.74) is 15.2. The maximum atomic E-state index is 6.68. The molecule has 0 spiro atoms. The van der Waals surface area contributed by atoms with Crippen LogP contribution in [0.2, 0.25) is 0 Å². The first-order valence-corrected chi connectivity index (χ1v) is 18.2. The molecule has 0 aliphatic heterocycles. The van der Waals surface area contributed by atoms with Crippen LogP contribution in [-0.4, -0.2) is 0 Å². The van der Waals surface area contributed by atoms with Crippen molar-refractivity contribution in [2.45, 2.75) is 12.3 Å². The molecule has 0 amide bonds. The molecule has 53 heavy (non-hydrogen) atoms. The molecule has 0 bridgehead atoms. The molecule has 10 aromatic rings. The van der Waals surface area contributed by atoms with E-state index in [9.17, 15) is 0 Å². The van der Waals surface area contributed by atoms with Gasteiger partial charge in [0.25, 0.3) is 0 Å². The van der Waals surface area contributed by atoms with Gasteiger partial charge in [-0.1, -0.05) is 121 Å². The normalized spacial score (nSPS) is 13.2. The highest BCUT2D eigenvalue weighted by molar-refractivity contribution is 6.14. The van der Waals surface area contributed by atoms with Crippen LogP contribution in [0.3, 0.4) is 0 Å². The van der Waals surface area contributed by atoms with Crippen LogP contribution in [0.1, 0.15) is 23.6 Å². The van der Waals surface area contributed by atoms with Gasteiger partial charge in [0.2, 0.25) is 0 Å². The van der Waals surface area contributed by atoms with Gasteiger partial charge in [0.05, 0.1) is 11.1 Å². The summed E-state index contributed by atoms with van der Waals surface area (Å²) >= 11 is 0. The fourth-order valence-corrected chi connectivity index (χ4v) is 8.78. The highest BCUT2D eigenvalue weighted by atomic mass is 16.3. The van der Waals surface area contributed by atoms with Gasteiger partial charge in [-0.15, -0.1) is 0 Å². The highest BCUT2D eigenvalue weighted by Gasteiger charge is 2.40. The van der Waals surface area contributed by atoms with Gasteiger partial charge in [0.15, 0.2) is 0 Å². The molecule has 2 heterocycles. The SMILES string of the molecule is CC1(c2ccc3oc4cc(N(c5ccc(-c6ccccc6)cc5)c5cccc6oc7ccccc7c56)ccc4c3c2)c2ccccc2-c2ccccc21. The standard InChI is InChI=1S/C50H33NO2/c1-50(42-17-8-5-14-37(42)38-15-6-9-18-43(38)50)34-24-29-46-41(30-34)39-28-27-36(31-48(39)53-46)51(35-25-22-33(23-26-35)32-12-3-2-4-13-32)44-19-11-21-47-49(44)40-16-7-10-20-45(40)52-47/h2-31H,1H3. The van der Waals surface area contributed by atoms with Crippen molar-refractivity contribution >= 4 is 60.9 Å². The molecule has 1 aliphatic rings. The minimum atomic E-state index is -0.278. The van der Waals surface area contributed by atoms with Crippen LogP contribution in [0.25, 0.3) is 66.1 Å². The number of furan rings is 2. The number of rotatable bonds is 5. The van der Waals surface area contributed by atoms with Crippen molar-refractivity contribution in [3.05, 3.63) is 199 Å². The van der Waals surface area contributed by atoms with Crippen LogP contribution < -0.4 is 4.90 Å². The lowest BCUT2D eigenvalue weighted by atomic mass is 9.74. The number of fused-ring (bicyclic) bond motifs is 9. The molecule has 2 aromatic heterocycles. The van der Waals surface area contributed by atoms with Crippen LogP contribution >= 0.6 is 0 Å². The maximum Gasteiger partial charge on any atom is 0.137 e. The van der Waals surface area contributed by atoms with Crippen LogP contribution in [0, 0.1) is 0 Å². The number of benzene rings is 8. The van der Waals surface area contributed by atoms with E-state index in [4.69, 9.17) is 8.83 Å². The van der Waals surface area contributed by atoms with E-state index in [1.165, 1.54) is 38.9 Å². The quantitative estimate of drug-likeness (QED) is 0.181. The molecule has 1 aliphatic carbocycles. The largest absolute Gasteiger partial charge is 0.456 e. The molecule has 11 rings (SSSR count). The van der Waals surface area contributed by atoms with Crippen molar-refractivity contribution in [1.29, 1.82) is 0 Å². The Balaban J connectivity index is 1.08. The first kappa shape index (κ1) is 29.8. The third-order valence-electron chi connectivity index (χ3n) is 11.4. The molecule has 0 radical (unpaired) electrons. The summed E-state index contributed by atoms with van der Waals surface area (Å²) in [5.74, 6) is 0. The predicted molar refractivity (Wildman–Crippen MR) is 219 cm³/mol. The highest BCUT2D eigenvalue weighted by Crippen LogP contribution is 2.53. The van der Waals surface area contributed by atoms with Gasteiger partial charge in [-0.2, -0.15) is 0 Å². The fourth-order valence-electron chi connectivity index (χ4n) is 8.78. The molecule has 3 nitrogen and oxygen atoms in total. The Labute approximate surface area is 307 Å². The number of hydrogen-bond donors (Lipinski definition) is 0. The van der Waals surface area contributed by atoms with E-state index in [0.29, 0.717) is 0 Å². The molecule has 0 unspecified atom stereocenters. The first-order valence-electron chi connectivity index (χ1n) is 18.2. The van der Waals surface area contributed by atoms with Crippen molar-refractivity contribution in [2.24, 2.45) is 0 Å². The van der Waals surface area contributed by atoms with Crippen molar-refractivity contribution in [1.82, 2.24) is 0 Å². The molecule has 0 atom stereocenters. The lowest BCUT2D eigenvalue weighted by Gasteiger charge is -2.28. The summed E-state index contributed by atoms with van der Waals surface area (Å²) in [6, 6.07) is 64.9. The van der Waals surface area contributed by atoms with Crippen LogP contribution in [-0.2, 0) is 5.41 Å². The molecule has 3 heteroatoms. The van der Waals surface area contributed by atoms with Crippen molar-refractivity contribution < 1.29 is 8.83 Å². The number of anilines is 3. The molecule has 0 N–H and O–H groups in total. The third-order valence-corrected chi connectivity index (χ3v) is 11.4. The Kier molecular flexibility index (Phi) is 6.38. The van der Waals surface area contributed by atoms with Gasteiger partial charge in [-0.3, -0.25) is 0 Å². The van der Waals surface area contributed by atoms with Gasteiger partial charge >= 0.3 is 0 Å². The van der Waals surface area contributed by atoms with Gasteiger partial charge in [-0.25, -0.2) is 0 Å². The van der Waals surface area contributed by atoms with Gasteiger partial charge in [-0.05, 0) is 100 Å². The average molecular weight is 680 g/mol. The fraction of sp³-hybridized carbons (Fsp3) is 0.0400. The minimum absolute atomic E-state index is 0.278. The van der Waals surface area contributed by atoms with Gasteiger partial charge in [0.1, 0.15) is 22.3 Å². The number of para-hydroxylation sites is 1. The first-order chi connectivity index (χ1) is 26.1. The van der Waals surface area contributed by atoms with Crippen LogP contribution in [0.4, 0.5) is 17.1 Å². The van der Waals surface area contributed by atoms with Gasteiger partial charge in [0, 0.05) is 39.0 Å². The molecular formula is C50H33NO2. The summed E-state index contributed by atoms with van der Waals surface area (Å²) in [6.45, 7) is 2.36. The Morgan fingerprint density at radius 2 is 1.04 bits per heavy atom. The molecule has 250 valence electrons. The predicted octanol–water partition coefficient (Wildman–Crippen LogP) is 14.0. The second-order valence-electron chi connectivity index (χ2n) is 14.2. The average Bonchev–Trinajstić information content (AvgIpc) is 3.87. The summed E-state index contributed by atoms with van der Waals surface area (Å²) in [6.07, 6.45) is 0. The van der Waals surface area contributed by atoms with E-state index in [2.05, 4.69) is 182 Å². The van der Waals surface area contributed by atoms with E-state index in [0.717, 1.165) is 60.9 Å². The number of hydrogen-bond acceptors (Lipinski definition) is 3. The van der Waals surface area contributed by atoms with Crippen molar-refractivity contribution in [3.8, 4) is 22.3 Å². The van der Waals surface area contributed by atoms with E-state index in [1.807, 2.05) is 12.1 Å². The zero-order chi connectivity index (χ0) is 35.1. The van der Waals surface area contributed by atoms with E-state index < -0.39 is 0 Å². The molecular weight excluding hydrogens is 647 g/mol. The lowest BCUT2D eigenvalue weighted by Crippen LogP contribution is -2.22. The maximum absolute atomic E-state index is 6.68. The monoisotopic (exact) mass is 679 g/mol. The number of nitrogens with zero attached hydrogens (tertiary/aromatic N) is 1. The van der Waals surface area contributed by atoms with Gasteiger partial charge < -0.3 is 13.7 Å². The molecule has 0 fully saturated rings. The molecule has 8 aromatic carbocycles. The zero-order valence-corrected chi connectivity index (χ0v) is 29.1. The van der Waals surface area contributed by atoms with E-state index in [1.54, 1.807) is 0 Å². The Morgan fingerprint density at radius 3 is 1.83 bits per heavy atom. The third kappa shape index (κ3) is 4.41. The van der Waals surface area contributed by atoms with Crippen molar-refractivity contribution in [2.75, 3.05) is 4.90 Å². The zero-order valence-electron chi connectivity index (χ0n) is 29.1. The molecule has 0 saturated carbocycles. The molecule has 0 saturated heterocycles. The van der Waals surface area contributed by atoms with E-state index >= 15 is 0 Å². The summed E-state index contributed by atoms with van der Waals surface area (Å²) in [4.78, 5) is 2.32. The Hall–Kier alpha value is -6.84. The van der Waals surface area contributed by atoms with Crippen LogP contribution in [0.15, 0.2) is 191 Å². The summed E-state index contributed by atoms with van der Waals surface area (Å²) < 4.78 is 13.0. The van der Waals surface area contributed by atoms with E-state index in [-0.39, 0.29) is 5.41 Å².